The summed E-state index contributed by atoms with van der Waals surface area (Å²) in [7, 11) is 0. The zero-order valence-corrected chi connectivity index (χ0v) is 13.8. The average Bonchev–Trinajstić information content (AvgIpc) is 3.23. The molecule has 0 saturated heterocycles. The van der Waals surface area contributed by atoms with Crippen molar-refractivity contribution in [2.75, 3.05) is 0 Å². The molecule has 0 spiro atoms. The van der Waals surface area contributed by atoms with Crippen LogP contribution >= 0.6 is 0 Å². The second-order valence-corrected chi connectivity index (χ2v) is 6.02. The van der Waals surface area contributed by atoms with Gasteiger partial charge in [-0.25, -0.2) is 9.78 Å². The van der Waals surface area contributed by atoms with Crippen molar-refractivity contribution in [2.45, 2.75) is 13.5 Å². The SMILES string of the molecule is Cc1c(-n2ccnc2)n(Cc2ccc(C(=O)O)cc2)c2ccccc12. The molecule has 0 fully saturated rings. The lowest BCUT2D eigenvalue weighted by Gasteiger charge is -2.12. The minimum atomic E-state index is -0.909. The summed E-state index contributed by atoms with van der Waals surface area (Å²) < 4.78 is 4.25. The number of rotatable bonds is 4. The molecule has 5 heteroatoms. The average molecular weight is 331 g/mol. The van der Waals surface area contributed by atoms with Crippen LogP contribution in [0.2, 0.25) is 0 Å². The molecule has 0 amide bonds. The predicted molar refractivity (Wildman–Crippen MR) is 96.3 cm³/mol. The monoisotopic (exact) mass is 331 g/mol. The Morgan fingerprint density at radius 1 is 1.12 bits per heavy atom. The minimum absolute atomic E-state index is 0.298. The number of imidazole rings is 1. The lowest BCUT2D eigenvalue weighted by molar-refractivity contribution is 0.0697. The van der Waals surface area contributed by atoms with Gasteiger partial charge in [0.15, 0.2) is 0 Å². The molecule has 0 aliphatic heterocycles. The molecule has 4 aromatic rings. The molecule has 2 aromatic heterocycles. The standard InChI is InChI=1S/C20H17N3O2/c1-14-17-4-2-3-5-18(17)23(19(14)22-11-10-21-13-22)12-15-6-8-16(9-7-15)20(24)25/h2-11,13H,12H2,1H3,(H,24,25). The van der Waals surface area contributed by atoms with E-state index in [1.807, 2.05) is 35.0 Å². The molecule has 0 aliphatic carbocycles. The van der Waals surface area contributed by atoms with Gasteiger partial charge in [-0.1, -0.05) is 30.3 Å². The summed E-state index contributed by atoms with van der Waals surface area (Å²) in [5, 5.41) is 10.3. The van der Waals surface area contributed by atoms with Crippen LogP contribution in [0, 0.1) is 6.92 Å². The number of nitrogens with zero attached hydrogens (tertiary/aromatic N) is 3. The number of carboxylic acid groups (broad SMARTS) is 1. The quantitative estimate of drug-likeness (QED) is 0.617. The van der Waals surface area contributed by atoms with Crippen molar-refractivity contribution >= 4 is 16.9 Å². The lowest BCUT2D eigenvalue weighted by atomic mass is 10.1. The molecular weight excluding hydrogens is 314 g/mol. The van der Waals surface area contributed by atoms with Gasteiger partial charge in [0.2, 0.25) is 0 Å². The maximum Gasteiger partial charge on any atom is 0.335 e. The van der Waals surface area contributed by atoms with E-state index in [-0.39, 0.29) is 0 Å². The first-order chi connectivity index (χ1) is 12.1. The lowest BCUT2D eigenvalue weighted by Crippen LogP contribution is -2.07. The summed E-state index contributed by atoms with van der Waals surface area (Å²) in [5.74, 6) is 0.161. The number of aromatic carboxylic acids is 1. The maximum atomic E-state index is 11.0. The number of hydrogen-bond acceptors (Lipinski definition) is 2. The number of carbonyl (C=O) groups is 1. The highest BCUT2D eigenvalue weighted by Gasteiger charge is 2.15. The van der Waals surface area contributed by atoms with E-state index in [1.165, 1.54) is 10.9 Å². The largest absolute Gasteiger partial charge is 0.478 e. The number of fused-ring (bicyclic) bond motifs is 1. The highest BCUT2D eigenvalue weighted by molar-refractivity contribution is 5.88. The van der Waals surface area contributed by atoms with Gasteiger partial charge < -0.3 is 9.67 Å². The maximum absolute atomic E-state index is 11.0. The fraction of sp³-hybridized carbons (Fsp3) is 0.100. The van der Waals surface area contributed by atoms with Gasteiger partial charge in [-0.15, -0.1) is 0 Å². The smallest absolute Gasteiger partial charge is 0.335 e. The van der Waals surface area contributed by atoms with Gasteiger partial charge in [-0.3, -0.25) is 4.57 Å². The fourth-order valence-electron chi connectivity index (χ4n) is 3.28. The topological polar surface area (TPSA) is 60.0 Å². The molecule has 1 N–H and O–H groups in total. The van der Waals surface area contributed by atoms with Crippen LogP contribution in [0.3, 0.4) is 0 Å². The number of hydrogen-bond donors (Lipinski definition) is 1. The van der Waals surface area contributed by atoms with Crippen LogP contribution in [0.5, 0.6) is 0 Å². The second-order valence-electron chi connectivity index (χ2n) is 6.02. The first-order valence-electron chi connectivity index (χ1n) is 8.03. The predicted octanol–water partition coefficient (Wildman–Crippen LogP) is 3.88. The molecule has 124 valence electrons. The van der Waals surface area contributed by atoms with Gasteiger partial charge in [0.25, 0.3) is 0 Å². The molecule has 5 nitrogen and oxygen atoms in total. The van der Waals surface area contributed by atoms with Crippen LogP contribution in [0.1, 0.15) is 21.5 Å². The third kappa shape index (κ3) is 2.59. The number of aryl methyl sites for hydroxylation is 1. The Bertz CT molecular complexity index is 1040. The van der Waals surface area contributed by atoms with E-state index >= 15 is 0 Å². The third-order valence-corrected chi connectivity index (χ3v) is 4.48. The number of aromatic nitrogens is 3. The van der Waals surface area contributed by atoms with Crippen LogP contribution in [-0.2, 0) is 6.54 Å². The molecule has 25 heavy (non-hydrogen) atoms. The molecule has 0 saturated carbocycles. The molecule has 0 bridgehead atoms. The van der Waals surface area contributed by atoms with E-state index in [2.05, 4.69) is 28.6 Å². The molecule has 2 aromatic carbocycles. The first-order valence-corrected chi connectivity index (χ1v) is 8.03. The van der Waals surface area contributed by atoms with Crippen LogP contribution in [-0.4, -0.2) is 25.2 Å². The van der Waals surface area contributed by atoms with Crippen LogP contribution in [0.25, 0.3) is 16.7 Å². The van der Waals surface area contributed by atoms with E-state index in [4.69, 9.17) is 5.11 Å². The zero-order chi connectivity index (χ0) is 17.4. The summed E-state index contributed by atoms with van der Waals surface area (Å²) in [6.07, 6.45) is 5.50. The van der Waals surface area contributed by atoms with Crippen molar-refractivity contribution in [1.29, 1.82) is 0 Å². The zero-order valence-electron chi connectivity index (χ0n) is 13.8. The Labute approximate surface area is 144 Å². The summed E-state index contributed by atoms with van der Waals surface area (Å²) in [5.41, 5.74) is 3.68. The van der Waals surface area contributed by atoms with E-state index in [9.17, 15) is 4.79 Å². The summed E-state index contributed by atoms with van der Waals surface area (Å²) in [6.45, 7) is 2.77. The van der Waals surface area contributed by atoms with E-state index in [1.54, 1.807) is 24.7 Å². The van der Waals surface area contributed by atoms with Crippen molar-refractivity contribution in [3.05, 3.63) is 83.9 Å². The van der Waals surface area contributed by atoms with Gasteiger partial charge in [0.1, 0.15) is 12.1 Å². The highest BCUT2D eigenvalue weighted by atomic mass is 16.4. The molecule has 0 unspecified atom stereocenters. The van der Waals surface area contributed by atoms with Gasteiger partial charge >= 0.3 is 5.97 Å². The van der Waals surface area contributed by atoms with Crippen LogP contribution < -0.4 is 0 Å². The molecule has 4 rings (SSSR count). The van der Waals surface area contributed by atoms with Crippen molar-refractivity contribution < 1.29 is 9.90 Å². The molecule has 0 aliphatic rings. The number of carboxylic acids is 1. The Hall–Kier alpha value is -3.34. The Morgan fingerprint density at radius 2 is 1.88 bits per heavy atom. The van der Waals surface area contributed by atoms with Crippen LogP contribution in [0.15, 0.2) is 67.3 Å². The number of benzene rings is 2. The van der Waals surface area contributed by atoms with Gasteiger partial charge in [0.05, 0.1) is 11.1 Å². The molecule has 0 radical (unpaired) electrons. The van der Waals surface area contributed by atoms with Crippen LogP contribution in [0.4, 0.5) is 0 Å². The van der Waals surface area contributed by atoms with Crippen molar-refractivity contribution in [2.24, 2.45) is 0 Å². The highest BCUT2D eigenvalue weighted by Crippen LogP contribution is 2.29. The van der Waals surface area contributed by atoms with Gasteiger partial charge in [0, 0.05) is 24.3 Å². The van der Waals surface area contributed by atoms with E-state index < -0.39 is 5.97 Å². The van der Waals surface area contributed by atoms with Crippen molar-refractivity contribution in [3.63, 3.8) is 0 Å². The van der Waals surface area contributed by atoms with Gasteiger partial charge in [-0.05, 0) is 36.2 Å². The minimum Gasteiger partial charge on any atom is -0.478 e. The van der Waals surface area contributed by atoms with E-state index in [0.29, 0.717) is 12.1 Å². The fourth-order valence-corrected chi connectivity index (χ4v) is 3.28. The van der Waals surface area contributed by atoms with Gasteiger partial charge in [-0.2, -0.15) is 0 Å². The normalized spacial score (nSPS) is 11.1. The number of para-hydroxylation sites is 1. The van der Waals surface area contributed by atoms with Crippen molar-refractivity contribution in [3.8, 4) is 5.82 Å². The third-order valence-electron chi connectivity index (χ3n) is 4.48. The molecule has 0 atom stereocenters. The molecule has 2 heterocycles. The molecular formula is C20H17N3O2. The summed E-state index contributed by atoms with van der Waals surface area (Å²) >= 11 is 0. The van der Waals surface area contributed by atoms with Crippen molar-refractivity contribution in [1.82, 2.24) is 14.1 Å². The first kappa shape index (κ1) is 15.2. The van der Waals surface area contributed by atoms with E-state index in [0.717, 1.165) is 16.9 Å². The summed E-state index contributed by atoms with van der Waals surface area (Å²) in [4.78, 5) is 15.2. The Balaban J connectivity index is 1.85. The Morgan fingerprint density at radius 3 is 2.56 bits per heavy atom. The Kier molecular flexibility index (Phi) is 3.61. The second kappa shape index (κ2) is 5.94. The summed E-state index contributed by atoms with van der Waals surface area (Å²) in [6, 6.07) is 15.3.